The second-order valence-corrected chi connectivity index (χ2v) is 7.43. The standard InChI is InChI=1S/C27H24N2O5/c1-32-22-11-9-19(10-12-22)23-17-29(27(31)28-23)21-6-4-5-20(16-21)24(30)13-7-18-8-14-25(33-2)26(15-18)34-3/h4-17H,1-3H3,(H,28,31)/b13-7+. The maximum atomic E-state index is 12.8. The number of ketones is 1. The van der Waals surface area contributed by atoms with Crippen LogP contribution in [0.15, 0.2) is 83.8 Å². The van der Waals surface area contributed by atoms with Crippen molar-refractivity contribution in [1.29, 1.82) is 0 Å². The summed E-state index contributed by atoms with van der Waals surface area (Å²) in [6.07, 6.45) is 4.91. The van der Waals surface area contributed by atoms with E-state index in [1.165, 1.54) is 10.6 Å². The van der Waals surface area contributed by atoms with E-state index in [9.17, 15) is 9.59 Å². The lowest BCUT2D eigenvalue weighted by atomic mass is 10.1. The SMILES string of the molecule is COc1ccc(-c2cn(-c3cccc(C(=O)/C=C/c4ccc(OC)c(OC)c4)c3)c(=O)[nH]2)cc1. The monoisotopic (exact) mass is 456 g/mol. The first-order valence-corrected chi connectivity index (χ1v) is 10.5. The second kappa shape index (κ2) is 9.95. The lowest BCUT2D eigenvalue weighted by molar-refractivity contribution is 0.104. The van der Waals surface area contributed by atoms with Gasteiger partial charge in [-0.15, -0.1) is 0 Å². The summed E-state index contributed by atoms with van der Waals surface area (Å²) in [7, 11) is 4.73. The largest absolute Gasteiger partial charge is 0.497 e. The molecule has 0 bridgehead atoms. The van der Waals surface area contributed by atoms with Crippen LogP contribution in [0.3, 0.4) is 0 Å². The van der Waals surface area contributed by atoms with Gasteiger partial charge in [-0.25, -0.2) is 4.79 Å². The summed E-state index contributed by atoms with van der Waals surface area (Å²) in [5.41, 5.74) is 3.07. The summed E-state index contributed by atoms with van der Waals surface area (Å²) in [4.78, 5) is 28.3. The highest BCUT2D eigenvalue weighted by Crippen LogP contribution is 2.28. The predicted octanol–water partition coefficient (Wildman–Crippen LogP) is 4.75. The molecule has 0 aliphatic rings. The van der Waals surface area contributed by atoms with Crippen molar-refractivity contribution >= 4 is 11.9 Å². The Kier molecular flexibility index (Phi) is 6.64. The van der Waals surface area contributed by atoms with E-state index in [1.54, 1.807) is 70.0 Å². The van der Waals surface area contributed by atoms with Crippen molar-refractivity contribution in [3.05, 3.63) is 101 Å². The van der Waals surface area contributed by atoms with Crippen molar-refractivity contribution in [2.24, 2.45) is 0 Å². The lowest BCUT2D eigenvalue weighted by Crippen LogP contribution is -2.14. The van der Waals surface area contributed by atoms with Gasteiger partial charge in [-0.3, -0.25) is 9.36 Å². The maximum Gasteiger partial charge on any atom is 0.330 e. The number of nitrogens with zero attached hydrogens (tertiary/aromatic N) is 1. The van der Waals surface area contributed by atoms with Crippen molar-refractivity contribution in [3.8, 4) is 34.2 Å². The van der Waals surface area contributed by atoms with Crippen LogP contribution < -0.4 is 19.9 Å². The van der Waals surface area contributed by atoms with E-state index in [0.29, 0.717) is 28.4 Å². The van der Waals surface area contributed by atoms with Gasteiger partial charge in [0.05, 0.1) is 32.7 Å². The predicted molar refractivity (Wildman–Crippen MR) is 131 cm³/mol. The number of aromatic nitrogens is 2. The fourth-order valence-corrected chi connectivity index (χ4v) is 3.54. The normalized spacial score (nSPS) is 10.9. The van der Waals surface area contributed by atoms with Crippen molar-refractivity contribution in [3.63, 3.8) is 0 Å². The molecule has 1 N–H and O–H groups in total. The molecule has 0 saturated heterocycles. The van der Waals surface area contributed by atoms with E-state index in [2.05, 4.69) is 4.98 Å². The Balaban J connectivity index is 1.57. The van der Waals surface area contributed by atoms with Gasteiger partial charge in [0.2, 0.25) is 0 Å². The minimum Gasteiger partial charge on any atom is -0.497 e. The zero-order valence-corrected chi connectivity index (χ0v) is 19.1. The molecule has 0 fully saturated rings. The number of carbonyl (C=O) groups is 1. The molecule has 1 heterocycles. The van der Waals surface area contributed by atoms with Crippen LogP contribution in [0, 0.1) is 0 Å². The second-order valence-electron chi connectivity index (χ2n) is 7.43. The molecule has 7 nitrogen and oxygen atoms in total. The van der Waals surface area contributed by atoms with Gasteiger partial charge in [-0.05, 0) is 65.7 Å². The van der Waals surface area contributed by atoms with Crippen molar-refractivity contribution in [2.75, 3.05) is 21.3 Å². The number of benzene rings is 3. The Labute approximate surface area is 196 Å². The third-order valence-corrected chi connectivity index (χ3v) is 5.36. The molecule has 0 amide bonds. The topological polar surface area (TPSA) is 82.5 Å². The maximum absolute atomic E-state index is 12.8. The minimum absolute atomic E-state index is 0.185. The van der Waals surface area contributed by atoms with Gasteiger partial charge in [0.1, 0.15) is 5.75 Å². The van der Waals surface area contributed by atoms with Crippen LogP contribution in [-0.2, 0) is 0 Å². The van der Waals surface area contributed by atoms with Gasteiger partial charge >= 0.3 is 5.69 Å². The van der Waals surface area contributed by atoms with Gasteiger partial charge in [0.15, 0.2) is 17.3 Å². The number of nitrogens with one attached hydrogen (secondary N) is 1. The Bertz CT molecular complexity index is 1400. The molecular formula is C27H24N2O5. The molecule has 4 rings (SSSR count). The number of allylic oxidation sites excluding steroid dienone is 1. The van der Waals surface area contributed by atoms with Crippen LogP contribution in [-0.4, -0.2) is 36.7 Å². The molecule has 0 aliphatic heterocycles. The van der Waals surface area contributed by atoms with E-state index in [-0.39, 0.29) is 11.5 Å². The number of aromatic amines is 1. The molecule has 7 heteroatoms. The number of hydrogen-bond acceptors (Lipinski definition) is 5. The summed E-state index contributed by atoms with van der Waals surface area (Å²) < 4.78 is 17.2. The summed E-state index contributed by atoms with van der Waals surface area (Å²) in [6, 6.07) is 19.7. The number of carbonyl (C=O) groups excluding carboxylic acids is 1. The third-order valence-electron chi connectivity index (χ3n) is 5.36. The van der Waals surface area contributed by atoms with Gasteiger partial charge in [0.25, 0.3) is 0 Å². The molecule has 1 aromatic heterocycles. The molecule has 0 saturated carbocycles. The molecular weight excluding hydrogens is 432 g/mol. The number of H-pyrrole nitrogens is 1. The average Bonchev–Trinajstić information content (AvgIpc) is 3.28. The quantitative estimate of drug-likeness (QED) is 0.306. The number of rotatable bonds is 8. The minimum atomic E-state index is -0.295. The first-order chi connectivity index (χ1) is 16.5. The zero-order valence-electron chi connectivity index (χ0n) is 19.1. The van der Waals surface area contributed by atoms with Crippen LogP contribution in [0.4, 0.5) is 0 Å². The Morgan fingerprint density at radius 2 is 1.65 bits per heavy atom. The summed E-state index contributed by atoms with van der Waals surface area (Å²) in [5.74, 6) is 1.75. The van der Waals surface area contributed by atoms with Crippen molar-refractivity contribution in [2.45, 2.75) is 0 Å². The van der Waals surface area contributed by atoms with Crippen molar-refractivity contribution in [1.82, 2.24) is 9.55 Å². The van der Waals surface area contributed by atoms with E-state index in [0.717, 1.165) is 16.9 Å². The highest BCUT2D eigenvalue weighted by atomic mass is 16.5. The summed E-state index contributed by atoms with van der Waals surface area (Å²) >= 11 is 0. The molecule has 0 atom stereocenters. The van der Waals surface area contributed by atoms with Crippen LogP contribution in [0.25, 0.3) is 23.0 Å². The first kappa shape index (κ1) is 22.7. The van der Waals surface area contributed by atoms with Crippen molar-refractivity contribution < 1.29 is 19.0 Å². The number of hydrogen-bond donors (Lipinski definition) is 1. The van der Waals surface area contributed by atoms with E-state index >= 15 is 0 Å². The molecule has 34 heavy (non-hydrogen) atoms. The Hall–Kier alpha value is -4.52. The first-order valence-electron chi connectivity index (χ1n) is 10.5. The van der Waals surface area contributed by atoms with Crippen LogP contribution >= 0.6 is 0 Å². The molecule has 0 unspecified atom stereocenters. The fourth-order valence-electron chi connectivity index (χ4n) is 3.54. The number of imidazole rings is 1. The van der Waals surface area contributed by atoms with E-state index in [4.69, 9.17) is 14.2 Å². The summed E-state index contributed by atoms with van der Waals surface area (Å²) in [6.45, 7) is 0. The average molecular weight is 456 g/mol. The van der Waals surface area contributed by atoms with Gasteiger partial charge in [0, 0.05) is 11.8 Å². The van der Waals surface area contributed by atoms with Crippen LogP contribution in [0.5, 0.6) is 17.2 Å². The smallest absolute Gasteiger partial charge is 0.330 e. The molecule has 172 valence electrons. The number of ether oxygens (including phenoxy) is 3. The third kappa shape index (κ3) is 4.78. The highest BCUT2D eigenvalue weighted by Gasteiger charge is 2.10. The van der Waals surface area contributed by atoms with Crippen LogP contribution in [0.2, 0.25) is 0 Å². The van der Waals surface area contributed by atoms with E-state index < -0.39 is 0 Å². The van der Waals surface area contributed by atoms with E-state index in [1.807, 2.05) is 30.3 Å². The molecule has 4 aromatic rings. The Morgan fingerprint density at radius 1 is 0.882 bits per heavy atom. The zero-order chi connectivity index (χ0) is 24.1. The Morgan fingerprint density at radius 3 is 2.35 bits per heavy atom. The van der Waals surface area contributed by atoms with Gasteiger partial charge in [-0.2, -0.15) is 0 Å². The fraction of sp³-hybridized carbons (Fsp3) is 0.111. The molecule has 3 aromatic carbocycles. The number of methoxy groups -OCH3 is 3. The van der Waals surface area contributed by atoms with Gasteiger partial charge in [-0.1, -0.05) is 24.3 Å². The lowest BCUT2D eigenvalue weighted by Gasteiger charge is -2.07. The molecule has 0 spiro atoms. The molecule has 0 aliphatic carbocycles. The van der Waals surface area contributed by atoms with Gasteiger partial charge < -0.3 is 19.2 Å². The molecule has 0 radical (unpaired) electrons. The highest BCUT2D eigenvalue weighted by molar-refractivity contribution is 6.07. The van der Waals surface area contributed by atoms with Crippen LogP contribution in [0.1, 0.15) is 15.9 Å². The summed E-state index contributed by atoms with van der Waals surface area (Å²) in [5, 5.41) is 0.